The maximum absolute atomic E-state index is 11.0. The average molecular weight is 215 g/mol. The van der Waals surface area contributed by atoms with E-state index in [4.69, 9.17) is 16.3 Å². The minimum Gasteiger partial charge on any atom is -0.450 e. The molecule has 14 heavy (non-hydrogen) atoms. The summed E-state index contributed by atoms with van der Waals surface area (Å²) in [5.41, 5.74) is 1.38. The summed E-state index contributed by atoms with van der Waals surface area (Å²) in [6.45, 7) is 3.89. The number of ether oxygens (including phenoxy) is 1. The summed E-state index contributed by atoms with van der Waals surface area (Å²) in [6.07, 6.45) is 0.989. The molecule has 1 aromatic rings. The van der Waals surface area contributed by atoms with Crippen molar-refractivity contribution in [2.75, 3.05) is 11.9 Å². The van der Waals surface area contributed by atoms with Crippen molar-refractivity contribution in [3.8, 4) is 0 Å². The van der Waals surface area contributed by atoms with Crippen LogP contribution in [0.1, 0.15) is 12.5 Å². The molecule has 1 aromatic heterocycles. The highest BCUT2D eigenvalue weighted by Crippen LogP contribution is 2.15. The predicted molar refractivity (Wildman–Crippen MR) is 54.6 cm³/mol. The molecule has 5 heteroatoms. The zero-order valence-corrected chi connectivity index (χ0v) is 8.76. The smallest absolute Gasteiger partial charge is 0.411 e. The zero-order chi connectivity index (χ0) is 10.6. The SMILES string of the molecule is CCOC(=O)Nc1cnc(Cl)c(C)c1. The first kappa shape index (κ1) is 10.8. The first-order valence-electron chi connectivity index (χ1n) is 4.19. The van der Waals surface area contributed by atoms with Crippen LogP contribution in [-0.4, -0.2) is 17.7 Å². The third-order valence-corrected chi connectivity index (χ3v) is 1.93. The number of aryl methyl sites for hydroxylation is 1. The zero-order valence-electron chi connectivity index (χ0n) is 8.00. The minimum absolute atomic E-state index is 0.339. The molecule has 1 heterocycles. The van der Waals surface area contributed by atoms with E-state index in [0.29, 0.717) is 17.4 Å². The molecule has 0 saturated heterocycles. The average Bonchev–Trinajstić information content (AvgIpc) is 2.12. The molecule has 1 amide bonds. The molecule has 0 radical (unpaired) electrons. The third kappa shape index (κ3) is 2.88. The fourth-order valence-corrected chi connectivity index (χ4v) is 1.01. The van der Waals surface area contributed by atoms with Gasteiger partial charge in [-0.3, -0.25) is 5.32 Å². The lowest BCUT2D eigenvalue weighted by molar-refractivity contribution is 0.168. The Labute approximate surface area is 87.2 Å². The van der Waals surface area contributed by atoms with Gasteiger partial charge in [0, 0.05) is 0 Å². The van der Waals surface area contributed by atoms with Gasteiger partial charge in [0.25, 0.3) is 0 Å². The van der Waals surface area contributed by atoms with Crippen molar-refractivity contribution in [1.29, 1.82) is 0 Å². The van der Waals surface area contributed by atoms with Crippen molar-refractivity contribution < 1.29 is 9.53 Å². The summed E-state index contributed by atoms with van der Waals surface area (Å²) in [7, 11) is 0. The van der Waals surface area contributed by atoms with E-state index in [9.17, 15) is 4.79 Å². The highest BCUT2D eigenvalue weighted by molar-refractivity contribution is 6.30. The quantitative estimate of drug-likeness (QED) is 0.770. The highest BCUT2D eigenvalue weighted by Gasteiger charge is 2.03. The number of nitrogens with one attached hydrogen (secondary N) is 1. The maximum Gasteiger partial charge on any atom is 0.411 e. The van der Waals surface area contributed by atoms with Crippen LogP contribution in [0.25, 0.3) is 0 Å². The summed E-state index contributed by atoms with van der Waals surface area (Å²) < 4.78 is 4.71. The Morgan fingerprint density at radius 3 is 3.00 bits per heavy atom. The van der Waals surface area contributed by atoms with Crippen LogP contribution in [0, 0.1) is 6.92 Å². The largest absolute Gasteiger partial charge is 0.450 e. The fraction of sp³-hybridized carbons (Fsp3) is 0.333. The van der Waals surface area contributed by atoms with Gasteiger partial charge in [0.1, 0.15) is 5.15 Å². The number of carbonyl (C=O) groups is 1. The predicted octanol–water partition coefficient (Wildman–Crippen LogP) is 2.61. The third-order valence-electron chi connectivity index (χ3n) is 1.54. The topological polar surface area (TPSA) is 51.2 Å². The molecule has 0 atom stereocenters. The van der Waals surface area contributed by atoms with Crippen molar-refractivity contribution in [3.05, 3.63) is 23.0 Å². The summed E-state index contributed by atoms with van der Waals surface area (Å²) in [6, 6.07) is 1.73. The molecule has 0 aliphatic heterocycles. The van der Waals surface area contributed by atoms with E-state index in [1.807, 2.05) is 6.92 Å². The molecule has 0 aliphatic rings. The fourth-order valence-electron chi connectivity index (χ4n) is 0.911. The molecule has 0 aromatic carbocycles. The van der Waals surface area contributed by atoms with Gasteiger partial charge in [-0.05, 0) is 25.5 Å². The number of aromatic nitrogens is 1. The molecule has 1 rings (SSSR count). The number of anilines is 1. The Bertz CT molecular complexity index is 342. The Balaban J connectivity index is 2.68. The lowest BCUT2D eigenvalue weighted by Crippen LogP contribution is -2.13. The number of pyridine rings is 1. The van der Waals surface area contributed by atoms with Crippen LogP contribution in [0.15, 0.2) is 12.3 Å². The first-order chi connectivity index (χ1) is 6.63. The van der Waals surface area contributed by atoms with Crippen LogP contribution >= 0.6 is 11.6 Å². The van der Waals surface area contributed by atoms with Gasteiger partial charge in [0.15, 0.2) is 0 Å². The van der Waals surface area contributed by atoms with Crippen LogP contribution in [-0.2, 0) is 4.74 Å². The molecule has 0 fully saturated rings. The summed E-state index contributed by atoms with van der Waals surface area (Å²) >= 11 is 5.72. The van der Waals surface area contributed by atoms with E-state index in [2.05, 4.69) is 10.3 Å². The van der Waals surface area contributed by atoms with E-state index in [0.717, 1.165) is 5.56 Å². The Morgan fingerprint density at radius 2 is 2.43 bits per heavy atom. The highest BCUT2D eigenvalue weighted by atomic mass is 35.5. The van der Waals surface area contributed by atoms with Gasteiger partial charge in [-0.25, -0.2) is 9.78 Å². The van der Waals surface area contributed by atoms with Crippen molar-refractivity contribution in [3.63, 3.8) is 0 Å². The molecule has 76 valence electrons. The number of rotatable bonds is 2. The molecule has 0 bridgehead atoms. The van der Waals surface area contributed by atoms with E-state index in [1.54, 1.807) is 13.0 Å². The standard InChI is InChI=1S/C9H11ClN2O2/c1-3-14-9(13)12-7-4-6(2)8(10)11-5-7/h4-5H,3H2,1-2H3,(H,12,13). The van der Waals surface area contributed by atoms with Gasteiger partial charge < -0.3 is 4.74 Å². The maximum atomic E-state index is 11.0. The molecule has 0 saturated carbocycles. The van der Waals surface area contributed by atoms with E-state index in [1.165, 1.54) is 6.20 Å². The number of hydrogen-bond acceptors (Lipinski definition) is 3. The second kappa shape index (κ2) is 4.81. The normalized spacial score (nSPS) is 9.64. The summed E-state index contributed by atoms with van der Waals surface area (Å²) in [5, 5.41) is 2.96. The Kier molecular flexibility index (Phi) is 3.71. The van der Waals surface area contributed by atoms with Gasteiger partial charge in [-0.1, -0.05) is 11.6 Å². The number of amides is 1. The van der Waals surface area contributed by atoms with E-state index in [-0.39, 0.29) is 0 Å². The number of nitrogens with zero attached hydrogens (tertiary/aromatic N) is 1. The Hall–Kier alpha value is -1.29. The van der Waals surface area contributed by atoms with Gasteiger partial charge in [0.05, 0.1) is 18.5 Å². The van der Waals surface area contributed by atoms with Crippen molar-refractivity contribution >= 4 is 23.4 Å². The van der Waals surface area contributed by atoms with Gasteiger partial charge >= 0.3 is 6.09 Å². The molecule has 4 nitrogen and oxygen atoms in total. The molecule has 1 N–H and O–H groups in total. The van der Waals surface area contributed by atoms with Crippen LogP contribution in [0.4, 0.5) is 10.5 Å². The lowest BCUT2D eigenvalue weighted by Gasteiger charge is -2.05. The summed E-state index contributed by atoms with van der Waals surface area (Å²) in [5.74, 6) is 0. The summed E-state index contributed by atoms with van der Waals surface area (Å²) in [4.78, 5) is 14.9. The first-order valence-corrected chi connectivity index (χ1v) is 4.57. The van der Waals surface area contributed by atoms with Crippen molar-refractivity contribution in [2.24, 2.45) is 0 Å². The molecular weight excluding hydrogens is 204 g/mol. The molecule has 0 unspecified atom stereocenters. The van der Waals surface area contributed by atoms with Crippen LogP contribution in [0.3, 0.4) is 0 Å². The lowest BCUT2D eigenvalue weighted by atomic mass is 10.3. The molecule has 0 aliphatic carbocycles. The van der Waals surface area contributed by atoms with Crippen LogP contribution < -0.4 is 5.32 Å². The minimum atomic E-state index is -0.490. The monoisotopic (exact) mass is 214 g/mol. The Morgan fingerprint density at radius 1 is 1.71 bits per heavy atom. The number of carbonyl (C=O) groups excluding carboxylic acids is 1. The molecular formula is C9H11ClN2O2. The van der Waals surface area contributed by atoms with Crippen LogP contribution in [0.5, 0.6) is 0 Å². The second-order valence-electron chi connectivity index (χ2n) is 2.68. The van der Waals surface area contributed by atoms with Gasteiger partial charge in [0.2, 0.25) is 0 Å². The van der Waals surface area contributed by atoms with Gasteiger partial charge in [-0.2, -0.15) is 0 Å². The van der Waals surface area contributed by atoms with E-state index >= 15 is 0 Å². The second-order valence-corrected chi connectivity index (χ2v) is 3.04. The van der Waals surface area contributed by atoms with Crippen molar-refractivity contribution in [1.82, 2.24) is 4.98 Å². The number of halogens is 1. The van der Waals surface area contributed by atoms with Crippen LogP contribution in [0.2, 0.25) is 5.15 Å². The van der Waals surface area contributed by atoms with E-state index < -0.39 is 6.09 Å². The van der Waals surface area contributed by atoms with Crippen molar-refractivity contribution in [2.45, 2.75) is 13.8 Å². The number of hydrogen-bond donors (Lipinski definition) is 1. The molecule has 0 spiro atoms. The van der Waals surface area contributed by atoms with Gasteiger partial charge in [-0.15, -0.1) is 0 Å².